The van der Waals surface area contributed by atoms with Gasteiger partial charge in [0.15, 0.2) is 9.84 Å². The molecule has 0 saturated carbocycles. The molecule has 2 aromatic rings. The number of rotatable bonds is 7. The third kappa shape index (κ3) is 5.14. The summed E-state index contributed by atoms with van der Waals surface area (Å²) in [6.07, 6.45) is 5.60. The lowest BCUT2D eigenvalue weighted by atomic mass is 10.3. The van der Waals surface area contributed by atoms with Crippen molar-refractivity contribution in [3.8, 4) is 0 Å². The Bertz CT molecular complexity index is 774. The van der Waals surface area contributed by atoms with Gasteiger partial charge < -0.3 is 9.30 Å². The van der Waals surface area contributed by atoms with Crippen LogP contribution in [0.5, 0.6) is 0 Å². The maximum atomic E-state index is 11.8. The normalized spacial score (nSPS) is 18.7. The van der Waals surface area contributed by atoms with Crippen LogP contribution in [0, 0.1) is 0 Å². The second kappa shape index (κ2) is 8.12. The number of hydrogen-bond donors (Lipinski definition) is 0. The van der Waals surface area contributed by atoms with Gasteiger partial charge in [0.05, 0.1) is 18.5 Å². The lowest BCUT2D eigenvalue weighted by molar-refractivity contribution is 0.0112. The van der Waals surface area contributed by atoms with E-state index in [4.69, 9.17) is 4.74 Å². The number of hydrogen-bond acceptors (Lipinski definition) is 5. The van der Waals surface area contributed by atoms with Crippen molar-refractivity contribution in [2.24, 2.45) is 0 Å². The largest absolute Gasteiger partial charge is 0.370 e. The van der Waals surface area contributed by atoms with Crippen molar-refractivity contribution >= 4 is 9.84 Å². The number of sulfone groups is 1. The van der Waals surface area contributed by atoms with Crippen molar-refractivity contribution in [3.05, 3.63) is 54.1 Å². The van der Waals surface area contributed by atoms with Gasteiger partial charge in [0.1, 0.15) is 0 Å². The van der Waals surface area contributed by atoms with E-state index < -0.39 is 9.84 Å². The summed E-state index contributed by atoms with van der Waals surface area (Å²) >= 11 is 0. The Morgan fingerprint density at radius 3 is 2.80 bits per heavy atom. The molecule has 0 bridgehead atoms. The van der Waals surface area contributed by atoms with E-state index in [1.54, 1.807) is 19.3 Å². The van der Waals surface area contributed by atoms with E-state index in [1.165, 1.54) is 5.69 Å². The summed E-state index contributed by atoms with van der Waals surface area (Å²) in [7, 11) is -2.96. The predicted octanol–water partition coefficient (Wildman–Crippen LogP) is 1.72. The average Bonchev–Trinajstić information content (AvgIpc) is 2.98. The van der Waals surface area contributed by atoms with Crippen LogP contribution < -0.4 is 0 Å². The van der Waals surface area contributed by atoms with Crippen LogP contribution in [0.4, 0.5) is 0 Å². The van der Waals surface area contributed by atoms with Gasteiger partial charge in [-0.3, -0.25) is 9.88 Å². The molecule has 7 heteroatoms. The molecule has 0 radical (unpaired) electrons. The summed E-state index contributed by atoms with van der Waals surface area (Å²) in [5.74, 6) is 0.389. The minimum absolute atomic E-state index is 0.0196. The summed E-state index contributed by atoms with van der Waals surface area (Å²) in [4.78, 5) is 6.20. The molecule has 3 heterocycles. The summed E-state index contributed by atoms with van der Waals surface area (Å²) in [5.41, 5.74) is 2.29. The predicted molar refractivity (Wildman–Crippen MR) is 96.9 cm³/mol. The molecule has 0 aromatic carbocycles. The Kier molecular flexibility index (Phi) is 5.88. The zero-order valence-corrected chi connectivity index (χ0v) is 15.4. The number of ether oxygens (including phenoxy) is 1. The molecule has 0 spiro atoms. The third-order valence-corrected chi connectivity index (χ3v) is 6.25. The van der Waals surface area contributed by atoms with Crippen LogP contribution in [-0.2, 0) is 34.3 Å². The standard InChI is InChI=1S/C18H25N3O3S/c1-2-25(22,23)11-10-20-12-17-4-3-9-21(17)14-18(13-20)24-15-16-5-7-19-8-6-16/h3-9,18H,2,10-15H2,1H3/t18-/m1/s1. The molecule has 1 atom stereocenters. The third-order valence-electron chi connectivity index (χ3n) is 4.56. The topological polar surface area (TPSA) is 64.4 Å². The highest BCUT2D eigenvalue weighted by molar-refractivity contribution is 7.91. The van der Waals surface area contributed by atoms with Crippen LogP contribution in [0.1, 0.15) is 18.2 Å². The molecular formula is C18H25N3O3S. The molecule has 0 aliphatic carbocycles. The maximum Gasteiger partial charge on any atom is 0.151 e. The molecule has 6 nitrogen and oxygen atoms in total. The summed E-state index contributed by atoms with van der Waals surface area (Å²) in [5, 5.41) is 0. The Labute approximate surface area is 149 Å². The van der Waals surface area contributed by atoms with Crippen LogP contribution in [-0.4, -0.2) is 53.6 Å². The number of nitrogens with zero attached hydrogens (tertiary/aromatic N) is 3. The fourth-order valence-corrected chi connectivity index (χ4v) is 3.84. The van der Waals surface area contributed by atoms with E-state index in [2.05, 4.69) is 26.7 Å². The molecule has 25 heavy (non-hydrogen) atoms. The molecule has 2 aromatic heterocycles. The van der Waals surface area contributed by atoms with Crippen molar-refractivity contribution < 1.29 is 13.2 Å². The first-order valence-electron chi connectivity index (χ1n) is 8.63. The first-order valence-corrected chi connectivity index (χ1v) is 10.4. The molecule has 1 aliphatic heterocycles. The molecule has 0 N–H and O–H groups in total. The Hall–Kier alpha value is -1.70. The van der Waals surface area contributed by atoms with Gasteiger partial charge in [-0.2, -0.15) is 0 Å². The van der Waals surface area contributed by atoms with Gasteiger partial charge in [0.25, 0.3) is 0 Å². The van der Waals surface area contributed by atoms with Gasteiger partial charge in [-0.1, -0.05) is 6.92 Å². The van der Waals surface area contributed by atoms with Gasteiger partial charge in [0.2, 0.25) is 0 Å². The smallest absolute Gasteiger partial charge is 0.151 e. The molecule has 0 fully saturated rings. The van der Waals surface area contributed by atoms with Gasteiger partial charge >= 0.3 is 0 Å². The Balaban J connectivity index is 1.66. The van der Waals surface area contributed by atoms with E-state index in [0.29, 0.717) is 13.2 Å². The summed E-state index contributed by atoms with van der Waals surface area (Å²) in [6.45, 7) is 5.03. The minimum Gasteiger partial charge on any atom is -0.370 e. The fourth-order valence-electron chi connectivity index (χ4n) is 3.01. The van der Waals surface area contributed by atoms with Gasteiger partial charge in [-0.05, 0) is 29.8 Å². The van der Waals surface area contributed by atoms with Crippen molar-refractivity contribution in [3.63, 3.8) is 0 Å². The molecule has 0 amide bonds. The first-order chi connectivity index (χ1) is 12.1. The van der Waals surface area contributed by atoms with Gasteiger partial charge in [0, 0.05) is 56.2 Å². The second-order valence-electron chi connectivity index (χ2n) is 6.41. The van der Waals surface area contributed by atoms with Crippen molar-refractivity contribution in [2.45, 2.75) is 32.7 Å². The monoisotopic (exact) mass is 363 g/mol. The summed E-state index contributed by atoms with van der Waals surface area (Å²) in [6, 6.07) is 8.01. The Morgan fingerprint density at radius 2 is 2.04 bits per heavy atom. The highest BCUT2D eigenvalue weighted by Crippen LogP contribution is 2.16. The SMILES string of the molecule is CCS(=O)(=O)CCN1Cc2cccn2C[C@H](OCc2ccncc2)C1. The first kappa shape index (κ1) is 18.1. The van der Waals surface area contributed by atoms with Crippen LogP contribution >= 0.6 is 0 Å². The molecule has 0 unspecified atom stereocenters. The minimum atomic E-state index is -2.96. The maximum absolute atomic E-state index is 11.8. The average molecular weight is 363 g/mol. The number of fused-ring (bicyclic) bond motifs is 1. The quantitative estimate of drug-likeness (QED) is 0.749. The van der Waals surface area contributed by atoms with Crippen LogP contribution in [0.3, 0.4) is 0 Å². The molecule has 0 saturated heterocycles. The van der Waals surface area contributed by atoms with Crippen LogP contribution in [0.15, 0.2) is 42.9 Å². The van der Waals surface area contributed by atoms with Crippen LogP contribution in [0.2, 0.25) is 0 Å². The van der Waals surface area contributed by atoms with E-state index in [1.807, 2.05) is 18.2 Å². The molecule has 136 valence electrons. The fraction of sp³-hybridized carbons (Fsp3) is 0.500. The van der Waals surface area contributed by atoms with Crippen molar-refractivity contribution in [1.82, 2.24) is 14.5 Å². The number of aromatic nitrogens is 2. The van der Waals surface area contributed by atoms with E-state index in [0.717, 1.165) is 25.2 Å². The van der Waals surface area contributed by atoms with Crippen molar-refractivity contribution in [2.75, 3.05) is 24.6 Å². The second-order valence-corrected chi connectivity index (χ2v) is 8.88. The molecular weight excluding hydrogens is 338 g/mol. The van der Waals surface area contributed by atoms with Crippen molar-refractivity contribution in [1.29, 1.82) is 0 Å². The zero-order chi connectivity index (χ0) is 17.7. The van der Waals surface area contributed by atoms with Gasteiger partial charge in [-0.15, -0.1) is 0 Å². The lowest BCUT2D eigenvalue weighted by Crippen LogP contribution is -2.36. The van der Waals surface area contributed by atoms with Gasteiger partial charge in [-0.25, -0.2) is 8.42 Å². The highest BCUT2D eigenvalue weighted by atomic mass is 32.2. The van der Waals surface area contributed by atoms with E-state index >= 15 is 0 Å². The zero-order valence-electron chi connectivity index (χ0n) is 14.5. The summed E-state index contributed by atoms with van der Waals surface area (Å²) < 4.78 is 32.0. The van der Waals surface area contributed by atoms with E-state index in [-0.39, 0.29) is 17.6 Å². The highest BCUT2D eigenvalue weighted by Gasteiger charge is 2.23. The van der Waals surface area contributed by atoms with E-state index in [9.17, 15) is 8.42 Å². The lowest BCUT2D eigenvalue weighted by Gasteiger charge is -2.24. The van der Waals surface area contributed by atoms with Crippen LogP contribution in [0.25, 0.3) is 0 Å². The molecule has 1 aliphatic rings. The molecule has 3 rings (SSSR count). The Morgan fingerprint density at radius 1 is 1.24 bits per heavy atom. The number of pyridine rings is 1.